The van der Waals surface area contributed by atoms with E-state index in [-0.39, 0.29) is 22.9 Å². The summed E-state index contributed by atoms with van der Waals surface area (Å²) in [5, 5.41) is 0. The molecule has 27 heavy (non-hydrogen) atoms. The van der Waals surface area contributed by atoms with Crippen LogP contribution in [0.3, 0.4) is 0 Å². The van der Waals surface area contributed by atoms with Crippen molar-refractivity contribution in [1.29, 1.82) is 0 Å². The Morgan fingerprint density at radius 2 is 1.81 bits per heavy atom. The Morgan fingerprint density at radius 1 is 1.07 bits per heavy atom. The molecule has 8 nitrogen and oxygen atoms in total. The first-order valence-electron chi connectivity index (χ1n) is 9.67. The molecule has 1 aromatic heterocycles. The van der Waals surface area contributed by atoms with Crippen LogP contribution in [0.4, 0.5) is 0 Å². The van der Waals surface area contributed by atoms with Gasteiger partial charge in [0.1, 0.15) is 5.69 Å². The van der Waals surface area contributed by atoms with Gasteiger partial charge >= 0.3 is 5.69 Å². The molecule has 4 rings (SSSR count). The van der Waals surface area contributed by atoms with Crippen LogP contribution in [0, 0.1) is 5.41 Å². The highest BCUT2D eigenvalue weighted by Crippen LogP contribution is 2.42. The van der Waals surface area contributed by atoms with Crippen molar-refractivity contribution < 1.29 is 9.59 Å². The smallest absolute Gasteiger partial charge is 0.331 e. The number of carbonyl (C=O) groups excluding carboxylic acids is 2. The third-order valence-corrected chi connectivity index (χ3v) is 6.38. The number of hydrogen-bond donors (Lipinski definition) is 0. The van der Waals surface area contributed by atoms with Gasteiger partial charge in [-0.1, -0.05) is 0 Å². The highest BCUT2D eigenvalue weighted by molar-refractivity contribution is 5.92. The molecule has 3 aliphatic rings. The van der Waals surface area contributed by atoms with Gasteiger partial charge in [0.25, 0.3) is 11.5 Å². The van der Waals surface area contributed by atoms with Crippen LogP contribution in [0.15, 0.2) is 15.7 Å². The van der Waals surface area contributed by atoms with Crippen molar-refractivity contribution >= 4 is 11.8 Å². The zero-order chi connectivity index (χ0) is 19.3. The van der Waals surface area contributed by atoms with Crippen molar-refractivity contribution in [2.24, 2.45) is 19.5 Å². The molecule has 3 heterocycles. The fraction of sp³-hybridized carbons (Fsp3) is 0.684. The van der Waals surface area contributed by atoms with Gasteiger partial charge in [-0.3, -0.25) is 23.5 Å². The summed E-state index contributed by atoms with van der Waals surface area (Å²) in [6.07, 6.45) is 5.39. The van der Waals surface area contributed by atoms with Gasteiger partial charge < -0.3 is 9.80 Å². The molecule has 2 aliphatic heterocycles. The summed E-state index contributed by atoms with van der Waals surface area (Å²) in [5.41, 5.74) is -0.911. The number of amides is 2. The maximum absolute atomic E-state index is 13.1. The number of piperidine rings is 2. The molecular formula is C19H26N4O4. The summed E-state index contributed by atoms with van der Waals surface area (Å²) in [4.78, 5) is 53.3. The van der Waals surface area contributed by atoms with E-state index in [0.29, 0.717) is 25.6 Å². The number of hydrogen-bond acceptors (Lipinski definition) is 4. The second-order valence-corrected chi connectivity index (χ2v) is 8.35. The molecule has 3 fully saturated rings. The van der Waals surface area contributed by atoms with Crippen LogP contribution in [-0.2, 0) is 18.9 Å². The SMILES string of the molecule is Cn1c(C(=O)N2CCCC3(CCC(=O)N(C4CC4)C3)C2)cc(=O)n(C)c1=O. The number of nitrogens with zero attached hydrogens (tertiary/aromatic N) is 4. The van der Waals surface area contributed by atoms with Crippen molar-refractivity contribution in [2.75, 3.05) is 19.6 Å². The van der Waals surface area contributed by atoms with Gasteiger partial charge in [0.15, 0.2) is 0 Å². The van der Waals surface area contributed by atoms with Crippen LogP contribution in [-0.4, -0.2) is 56.4 Å². The van der Waals surface area contributed by atoms with Gasteiger partial charge in [-0.15, -0.1) is 0 Å². The minimum Gasteiger partial charge on any atom is -0.339 e. The van der Waals surface area contributed by atoms with Gasteiger partial charge in [-0.25, -0.2) is 4.79 Å². The molecule has 1 saturated carbocycles. The van der Waals surface area contributed by atoms with Crippen LogP contribution < -0.4 is 11.2 Å². The van der Waals surface area contributed by atoms with Crippen LogP contribution in [0.2, 0.25) is 0 Å². The molecule has 0 N–H and O–H groups in total. The van der Waals surface area contributed by atoms with E-state index in [1.54, 1.807) is 4.90 Å². The lowest BCUT2D eigenvalue weighted by Gasteiger charge is -2.48. The van der Waals surface area contributed by atoms with E-state index in [0.717, 1.165) is 43.2 Å². The molecule has 1 atom stereocenters. The lowest BCUT2D eigenvalue weighted by molar-refractivity contribution is -0.139. The lowest BCUT2D eigenvalue weighted by atomic mass is 9.73. The first kappa shape index (κ1) is 18.0. The highest BCUT2D eigenvalue weighted by Gasteiger charge is 2.46. The monoisotopic (exact) mass is 374 g/mol. The minimum absolute atomic E-state index is 0.0665. The van der Waals surface area contributed by atoms with Crippen molar-refractivity contribution in [3.8, 4) is 0 Å². The highest BCUT2D eigenvalue weighted by atomic mass is 16.2. The molecule has 1 aromatic rings. The molecule has 1 spiro atoms. The molecule has 1 aliphatic carbocycles. The Morgan fingerprint density at radius 3 is 2.52 bits per heavy atom. The molecule has 8 heteroatoms. The number of likely N-dealkylation sites (tertiary alicyclic amines) is 2. The van der Waals surface area contributed by atoms with E-state index >= 15 is 0 Å². The quantitative estimate of drug-likeness (QED) is 0.734. The predicted octanol–water partition coefficient (Wildman–Crippen LogP) is 0.0912. The molecule has 0 radical (unpaired) electrons. The summed E-state index contributed by atoms with van der Waals surface area (Å²) >= 11 is 0. The molecule has 0 bridgehead atoms. The Labute approximate surface area is 157 Å². The zero-order valence-corrected chi connectivity index (χ0v) is 15.9. The summed E-state index contributed by atoms with van der Waals surface area (Å²) < 4.78 is 2.24. The normalized spacial score (nSPS) is 25.9. The van der Waals surface area contributed by atoms with E-state index in [1.165, 1.54) is 24.7 Å². The van der Waals surface area contributed by atoms with E-state index < -0.39 is 11.2 Å². The van der Waals surface area contributed by atoms with Gasteiger partial charge in [0.05, 0.1) is 0 Å². The maximum Gasteiger partial charge on any atom is 0.331 e. The van der Waals surface area contributed by atoms with Crippen molar-refractivity contribution in [1.82, 2.24) is 18.9 Å². The van der Waals surface area contributed by atoms with Crippen molar-refractivity contribution in [3.05, 3.63) is 32.6 Å². The van der Waals surface area contributed by atoms with Crippen LogP contribution in [0.25, 0.3) is 0 Å². The van der Waals surface area contributed by atoms with Gasteiger partial charge in [-0.05, 0) is 32.1 Å². The van der Waals surface area contributed by atoms with Crippen LogP contribution in [0.5, 0.6) is 0 Å². The summed E-state index contributed by atoms with van der Waals surface area (Å²) in [5.74, 6) is -0.0400. The molecule has 0 aromatic carbocycles. The fourth-order valence-electron chi connectivity index (χ4n) is 4.58. The van der Waals surface area contributed by atoms with E-state index in [9.17, 15) is 19.2 Å². The average molecular weight is 374 g/mol. The summed E-state index contributed by atoms with van der Waals surface area (Å²) in [7, 11) is 2.92. The standard InChI is InChI=1S/C19H26N4O4/c1-20-14(10-16(25)21(2)18(20)27)17(26)22-9-3-7-19(11-22)8-6-15(24)23(12-19)13-4-5-13/h10,13H,3-9,11-12H2,1-2H3. The minimum atomic E-state index is -0.499. The molecular weight excluding hydrogens is 348 g/mol. The van der Waals surface area contributed by atoms with Crippen LogP contribution in [0.1, 0.15) is 49.0 Å². The Balaban J connectivity index is 1.58. The largest absolute Gasteiger partial charge is 0.339 e. The van der Waals surface area contributed by atoms with Gasteiger partial charge in [-0.2, -0.15) is 0 Å². The van der Waals surface area contributed by atoms with Crippen molar-refractivity contribution in [2.45, 2.75) is 44.6 Å². The van der Waals surface area contributed by atoms with Gasteiger partial charge in [0.2, 0.25) is 5.91 Å². The third-order valence-electron chi connectivity index (χ3n) is 6.38. The fourth-order valence-corrected chi connectivity index (χ4v) is 4.58. The second kappa shape index (κ2) is 6.35. The first-order valence-corrected chi connectivity index (χ1v) is 9.67. The first-order chi connectivity index (χ1) is 12.8. The number of rotatable bonds is 2. The van der Waals surface area contributed by atoms with Gasteiger partial charge in [0, 0.05) is 57.7 Å². The summed E-state index contributed by atoms with van der Waals surface area (Å²) in [6.45, 7) is 1.91. The topological polar surface area (TPSA) is 84.6 Å². The Hall–Kier alpha value is -2.38. The van der Waals surface area contributed by atoms with E-state index in [1.807, 2.05) is 4.90 Å². The maximum atomic E-state index is 13.1. The molecule has 1 unspecified atom stereocenters. The third kappa shape index (κ3) is 3.11. The number of aromatic nitrogens is 2. The Bertz CT molecular complexity index is 913. The number of carbonyl (C=O) groups is 2. The zero-order valence-electron chi connectivity index (χ0n) is 15.9. The van der Waals surface area contributed by atoms with Crippen LogP contribution >= 0.6 is 0 Å². The average Bonchev–Trinajstić information content (AvgIpc) is 3.50. The second-order valence-electron chi connectivity index (χ2n) is 8.35. The van der Waals surface area contributed by atoms with E-state index in [2.05, 4.69) is 0 Å². The van der Waals surface area contributed by atoms with E-state index in [4.69, 9.17) is 0 Å². The lowest BCUT2D eigenvalue weighted by Crippen LogP contribution is -2.56. The molecule has 2 saturated heterocycles. The molecule has 146 valence electrons. The summed E-state index contributed by atoms with van der Waals surface area (Å²) in [6, 6.07) is 1.63. The van der Waals surface area contributed by atoms with Crippen molar-refractivity contribution in [3.63, 3.8) is 0 Å². The predicted molar refractivity (Wildman–Crippen MR) is 98.5 cm³/mol. The Kier molecular flexibility index (Phi) is 4.24. The molecule has 2 amide bonds.